The normalized spacial score (nSPS) is 27.1. The third kappa shape index (κ3) is 2.63. The molecule has 2 aromatic carbocycles. The van der Waals surface area contributed by atoms with Crippen molar-refractivity contribution in [3.63, 3.8) is 0 Å². The van der Waals surface area contributed by atoms with E-state index in [1.54, 1.807) is 11.1 Å². The molecule has 1 N–H and O–H groups in total. The summed E-state index contributed by atoms with van der Waals surface area (Å²) in [6.45, 7) is 1.01. The molecule has 0 aromatic heterocycles. The molecule has 0 saturated heterocycles. The summed E-state index contributed by atoms with van der Waals surface area (Å²) >= 11 is 0. The van der Waals surface area contributed by atoms with Gasteiger partial charge < -0.3 is 5.32 Å². The highest BCUT2D eigenvalue weighted by Gasteiger charge is 2.38. The number of hydrogen-bond acceptors (Lipinski definition) is 1. The summed E-state index contributed by atoms with van der Waals surface area (Å²) in [5, 5.41) is 3.87. The lowest BCUT2D eigenvalue weighted by atomic mass is 9.94. The molecule has 0 amide bonds. The van der Waals surface area contributed by atoms with E-state index >= 15 is 0 Å². The van der Waals surface area contributed by atoms with Crippen molar-refractivity contribution < 1.29 is 0 Å². The van der Waals surface area contributed by atoms with Crippen LogP contribution >= 0.6 is 0 Å². The van der Waals surface area contributed by atoms with Crippen LogP contribution in [-0.2, 0) is 19.4 Å². The highest BCUT2D eigenvalue weighted by atomic mass is 14.9. The topological polar surface area (TPSA) is 12.0 Å². The first kappa shape index (κ1) is 13.1. The maximum atomic E-state index is 3.87. The van der Waals surface area contributed by atoms with Gasteiger partial charge in [-0.1, -0.05) is 54.6 Å². The van der Waals surface area contributed by atoms with Gasteiger partial charge in [0, 0.05) is 12.6 Å². The first-order valence-electron chi connectivity index (χ1n) is 8.24. The van der Waals surface area contributed by atoms with Gasteiger partial charge in [-0.3, -0.25) is 0 Å². The van der Waals surface area contributed by atoms with E-state index < -0.39 is 0 Å². The van der Waals surface area contributed by atoms with E-state index in [9.17, 15) is 0 Å². The number of hydrogen-bond donors (Lipinski definition) is 1. The molecule has 2 atom stereocenters. The summed E-state index contributed by atoms with van der Waals surface area (Å²) < 4.78 is 0. The Morgan fingerprint density at radius 2 is 1.33 bits per heavy atom. The monoisotopic (exact) mass is 277 g/mol. The van der Waals surface area contributed by atoms with Crippen molar-refractivity contribution in [2.24, 2.45) is 11.8 Å². The van der Waals surface area contributed by atoms with Crippen LogP contribution in [0.25, 0.3) is 0 Å². The highest BCUT2D eigenvalue weighted by Crippen LogP contribution is 2.40. The molecule has 2 aromatic rings. The number of benzene rings is 2. The van der Waals surface area contributed by atoms with Gasteiger partial charge in [0.1, 0.15) is 0 Å². The third-order valence-electron chi connectivity index (χ3n) is 5.39. The molecule has 0 aliphatic heterocycles. The fourth-order valence-electron chi connectivity index (χ4n) is 4.32. The van der Waals surface area contributed by atoms with Crippen molar-refractivity contribution in [3.05, 3.63) is 71.3 Å². The molecule has 4 rings (SSSR count). The molecular formula is C20H23N. The molecule has 108 valence electrons. The molecule has 1 nitrogen and oxygen atoms in total. The van der Waals surface area contributed by atoms with Crippen molar-refractivity contribution in [2.45, 2.75) is 38.3 Å². The average molecular weight is 277 g/mol. The van der Waals surface area contributed by atoms with Gasteiger partial charge in [-0.05, 0) is 54.2 Å². The van der Waals surface area contributed by atoms with Gasteiger partial charge in [0.25, 0.3) is 0 Å². The van der Waals surface area contributed by atoms with Crippen LogP contribution in [0.4, 0.5) is 0 Å². The third-order valence-corrected chi connectivity index (χ3v) is 5.39. The molecule has 1 heteroatoms. The molecule has 0 heterocycles. The van der Waals surface area contributed by atoms with Gasteiger partial charge in [0.15, 0.2) is 0 Å². The lowest BCUT2D eigenvalue weighted by Gasteiger charge is -2.24. The van der Waals surface area contributed by atoms with Crippen LogP contribution in [-0.4, -0.2) is 6.04 Å². The Morgan fingerprint density at radius 1 is 0.762 bits per heavy atom. The first-order valence-corrected chi connectivity index (χ1v) is 8.24. The largest absolute Gasteiger partial charge is 0.309 e. The van der Waals surface area contributed by atoms with E-state index in [0.29, 0.717) is 6.04 Å². The minimum absolute atomic E-state index is 0.692. The van der Waals surface area contributed by atoms with E-state index in [1.165, 1.54) is 31.2 Å². The van der Waals surface area contributed by atoms with Gasteiger partial charge in [-0.25, -0.2) is 0 Å². The van der Waals surface area contributed by atoms with Crippen LogP contribution in [0.1, 0.15) is 29.5 Å². The van der Waals surface area contributed by atoms with Crippen molar-refractivity contribution >= 4 is 0 Å². The standard InChI is InChI=1S/C20H23N/c1-2-6-15(7-3-1)14-21-20-18-10-11-19(20)13-17-9-5-4-8-16(17)12-18/h1-9,18-21H,10-14H2. The predicted molar refractivity (Wildman–Crippen MR) is 87.1 cm³/mol. The summed E-state index contributed by atoms with van der Waals surface area (Å²) in [7, 11) is 0. The van der Waals surface area contributed by atoms with Crippen LogP contribution in [0, 0.1) is 11.8 Å². The molecule has 1 fully saturated rings. The zero-order valence-corrected chi connectivity index (χ0v) is 12.5. The van der Waals surface area contributed by atoms with Gasteiger partial charge in [0.05, 0.1) is 0 Å². The maximum Gasteiger partial charge on any atom is 0.0208 e. The van der Waals surface area contributed by atoms with Gasteiger partial charge in [-0.2, -0.15) is 0 Å². The van der Waals surface area contributed by atoms with E-state index in [2.05, 4.69) is 59.9 Å². The van der Waals surface area contributed by atoms with Gasteiger partial charge in [0.2, 0.25) is 0 Å². The van der Waals surface area contributed by atoms with E-state index in [1.807, 2.05) is 0 Å². The van der Waals surface area contributed by atoms with Crippen LogP contribution in [0.2, 0.25) is 0 Å². The molecule has 1 saturated carbocycles. The molecule has 2 unspecified atom stereocenters. The zero-order valence-electron chi connectivity index (χ0n) is 12.5. The minimum Gasteiger partial charge on any atom is -0.309 e. The molecule has 2 aliphatic carbocycles. The number of nitrogens with one attached hydrogen (secondary N) is 1. The van der Waals surface area contributed by atoms with Crippen molar-refractivity contribution in [1.82, 2.24) is 5.32 Å². The second-order valence-electron chi connectivity index (χ2n) is 6.67. The van der Waals surface area contributed by atoms with Crippen LogP contribution in [0.3, 0.4) is 0 Å². The molecule has 21 heavy (non-hydrogen) atoms. The number of rotatable bonds is 3. The summed E-state index contributed by atoms with van der Waals surface area (Å²) in [5.74, 6) is 1.64. The van der Waals surface area contributed by atoms with E-state index in [4.69, 9.17) is 0 Å². The molecule has 2 aliphatic rings. The molecule has 0 spiro atoms. The fourth-order valence-corrected chi connectivity index (χ4v) is 4.32. The summed E-state index contributed by atoms with van der Waals surface area (Å²) in [4.78, 5) is 0. The van der Waals surface area contributed by atoms with Crippen LogP contribution in [0.5, 0.6) is 0 Å². The SMILES string of the molecule is c1ccc(CNC2C3CCC2Cc2ccccc2C3)cc1. The quantitative estimate of drug-likeness (QED) is 0.895. The Hall–Kier alpha value is -1.60. The van der Waals surface area contributed by atoms with Gasteiger partial charge in [-0.15, -0.1) is 0 Å². The van der Waals surface area contributed by atoms with Crippen molar-refractivity contribution in [3.8, 4) is 0 Å². The average Bonchev–Trinajstić information content (AvgIpc) is 2.80. The van der Waals surface area contributed by atoms with Crippen molar-refractivity contribution in [1.29, 1.82) is 0 Å². The lowest BCUT2D eigenvalue weighted by Crippen LogP contribution is -2.37. The van der Waals surface area contributed by atoms with Crippen molar-refractivity contribution in [2.75, 3.05) is 0 Å². The smallest absolute Gasteiger partial charge is 0.0208 e. The molecule has 0 radical (unpaired) electrons. The van der Waals surface area contributed by atoms with Crippen LogP contribution < -0.4 is 5.32 Å². The van der Waals surface area contributed by atoms with Gasteiger partial charge >= 0.3 is 0 Å². The first-order chi connectivity index (χ1) is 10.4. The Balaban J connectivity index is 1.50. The Morgan fingerprint density at radius 3 is 1.95 bits per heavy atom. The second kappa shape index (κ2) is 5.65. The predicted octanol–water partition coefficient (Wildman–Crippen LogP) is 3.97. The molecular weight excluding hydrogens is 254 g/mol. The zero-order chi connectivity index (χ0) is 14.1. The van der Waals surface area contributed by atoms with Crippen LogP contribution in [0.15, 0.2) is 54.6 Å². The fraction of sp³-hybridized carbons (Fsp3) is 0.400. The number of fused-ring (bicyclic) bond motifs is 3. The second-order valence-corrected chi connectivity index (χ2v) is 6.67. The Kier molecular flexibility index (Phi) is 3.52. The van der Waals surface area contributed by atoms with E-state index in [0.717, 1.165) is 18.4 Å². The minimum atomic E-state index is 0.692. The summed E-state index contributed by atoms with van der Waals surface area (Å²) in [6.07, 6.45) is 5.31. The maximum absolute atomic E-state index is 3.87. The van der Waals surface area contributed by atoms with E-state index in [-0.39, 0.29) is 0 Å². The Bertz CT molecular complexity index is 571. The summed E-state index contributed by atoms with van der Waals surface area (Å²) in [6, 6.07) is 20.6. The lowest BCUT2D eigenvalue weighted by molar-refractivity contribution is 0.340. The Labute approximate surface area is 127 Å². The summed E-state index contributed by atoms with van der Waals surface area (Å²) in [5.41, 5.74) is 4.59. The molecule has 2 bridgehead atoms. The highest BCUT2D eigenvalue weighted by molar-refractivity contribution is 5.31.